The zero-order valence-electron chi connectivity index (χ0n) is 13.6. The molecule has 27 heavy (non-hydrogen) atoms. The minimum atomic E-state index is -0.718. The first-order valence-electron chi connectivity index (χ1n) is 7.38. The molecular weight excluding hydrogens is 397 g/mol. The van der Waals surface area contributed by atoms with Crippen LogP contribution in [-0.2, 0) is 20.7 Å². The van der Waals surface area contributed by atoms with Crippen LogP contribution in [0.25, 0.3) is 0 Å². The van der Waals surface area contributed by atoms with Gasteiger partial charge in [-0.15, -0.1) is 0 Å². The molecule has 2 rings (SSSR count). The molecule has 8 nitrogen and oxygen atoms in total. The number of halogens is 2. The number of hydrogen-bond donors (Lipinski definition) is 1. The van der Waals surface area contributed by atoms with Gasteiger partial charge in [-0.3, -0.25) is 19.7 Å². The van der Waals surface area contributed by atoms with Gasteiger partial charge in [-0.05, 0) is 18.2 Å². The molecule has 0 bridgehead atoms. The largest absolute Gasteiger partial charge is 0.455 e. The molecule has 2 aromatic carbocycles. The fraction of sp³-hybridized carbons (Fsp3) is 0.118. The maximum atomic E-state index is 11.9. The Labute approximate surface area is 163 Å². The Balaban J connectivity index is 1.96. The van der Waals surface area contributed by atoms with Crippen molar-refractivity contribution in [1.29, 1.82) is 5.26 Å². The molecule has 0 radical (unpaired) electrons. The van der Waals surface area contributed by atoms with E-state index >= 15 is 0 Å². The van der Waals surface area contributed by atoms with Gasteiger partial charge in [0.1, 0.15) is 6.07 Å². The Bertz CT molecular complexity index is 936. The molecule has 0 saturated carbocycles. The Morgan fingerprint density at radius 3 is 2.48 bits per heavy atom. The molecule has 0 fully saturated rings. The van der Waals surface area contributed by atoms with Gasteiger partial charge in [0.05, 0.1) is 22.6 Å². The first kappa shape index (κ1) is 20.2. The summed E-state index contributed by atoms with van der Waals surface area (Å²) in [5.41, 5.74) is 0.0750. The highest BCUT2D eigenvalue weighted by Gasteiger charge is 2.15. The number of nitrogens with zero attached hydrogens (tertiary/aromatic N) is 2. The monoisotopic (exact) mass is 407 g/mol. The number of hydrogen-bond acceptors (Lipinski definition) is 6. The summed E-state index contributed by atoms with van der Waals surface area (Å²) >= 11 is 11.9. The molecule has 0 spiro atoms. The topological polar surface area (TPSA) is 122 Å². The highest BCUT2D eigenvalue weighted by atomic mass is 35.5. The minimum absolute atomic E-state index is 0.0679. The molecule has 2 aromatic rings. The number of carbonyl (C=O) groups excluding carboxylic acids is 2. The lowest BCUT2D eigenvalue weighted by Gasteiger charge is -2.09. The average molecular weight is 408 g/mol. The number of benzene rings is 2. The molecule has 0 saturated heterocycles. The summed E-state index contributed by atoms with van der Waals surface area (Å²) in [5, 5.41) is 22.7. The van der Waals surface area contributed by atoms with Gasteiger partial charge in [-0.2, -0.15) is 5.26 Å². The van der Waals surface area contributed by atoms with E-state index in [1.807, 2.05) is 0 Å². The van der Waals surface area contributed by atoms with Gasteiger partial charge < -0.3 is 10.1 Å². The second-order valence-electron chi connectivity index (χ2n) is 5.18. The number of nitro groups is 1. The van der Waals surface area contributed by atoms with Gasteiger partial charge >= 0.3 is 5.97 Å². The predicted octanol–water partition coefficient (Wildman–Crippen LogP) is 3.50. The van der Waals surface area contributed by atoms with E-state index in [0.717, 1.165) is 12.1 Å². The summed E-state index contributed by atoms with van der Waals surface area (Å²) in [6.45, 7) is -0.608. The van der Waals surface area contributed by atoms with Crippen LogP contribution in [0.5, 0.6) is 0 Å². The molecule has 0 aliphatic heterocycles. The van der Waals surface area contributed by atoms with Gasteiger partial charge in [0.25, 0.3) is 11.6 Å². The van der Waals surface area contributed by atoms with Crippen LogP contribution in [0, 0.1) is 21.4 Å². The first-order valence-corrected chi connectivity index (χ1v) is 8.14. The Kier molecular flexibility index (Phi) is 6.71. The Morgan fingerprint density at radius 1 is 1.22 bits per heavy atom. The molecule has 10 heteroatoms. The van der Waals surface area contributed by atoms with Crippen molar-refractivity contribution in [2.24, 2.45) is 0 Å². The number of nitriles is 1. The van der Waals surface area contributed by atoms with Crippen LogP contribution in [0.4, 0.5) is 11.4 Å². The molecule has 1 N–H and O–H groups in total. The number of anilines is 1. The number of ether oxygens (including phenoxy) is 1. The zero-order chi connectivity index (χ0) is 20.0. The molecule has 0 aliphatic carbocycles. The van der Waals surface area contributed by atoms with Crippen molar-refractivity contribution < 1.29 is 19.2 Å². The number of esters is 1. The van der Waals surface area contributed by atoms with Crippen molar-refractivity contribution in [1.82, 2.24) is 0 Å². The Morgan fingerprint density at radius 2 is 1.89 bits per heavy atom. The summed E-state index contributed by atoms with van der Waals surface area (Å²) in [5.74, 6) is -1.43. The quantitative estimate of drug-likeness (QED) is 0.444. The second kappa shape index (κ2) is 8.98. The third-order valence-corrected chi connectivity index (χ3v) is 4.06. The van der Waals surface area contributed by atoms with Crippen LogP contribution in [0.15, 0.2) is 36.4 Å². The third kappa shape index (κ3) is 5.41. The van der Waals surface area contributed by atoms with Crippen molar-refractivity contribution in [2.75, 3.05) is 11.9 Å². The zero-order valence-corrected chi connectivity index (χ0v) is 15.1. The van der Waals surface area contributed by atoms with Crippen LogP contribution in [0.3, 0.4) is 0 Å². The van der Waals surface area contributed by atoms with Gasteiger partial charge in [0.2, 0.25) is 0 Å². The summed E-state index contributed by atoms with van der Waals surface area (Å²) < 4.78 is 4.87. The number of nitrogens with one attached hydrogen (secondary N) is 1. The standard InChI is InChI=1S/C17H11Cl2N3O5/c18-13-2-1-3-14(19)12(13)7-17(24)27-9-16(23)21-15-5-4-11(22(25)26)6-10(15)8-20/h1-6H,7,9H2,(H,21,23). The normalized spacial score (nSPS) is 9.96. The third-order valence-electron chi connectivity index (χ3n) is 3.36. The van der Waals surface area contributed by atoms with E-state index in [2.05, 4.69) is 5.32 Å². The molecule has 0 unspecified atom stereocenters. The lowest BCUT2D eigenvalue weighted by Crippen LogP contribution is -2.22. The number of nitro benzene ring substituents is 1. The molecule has 1 amide bonds. The number of non-ortho nitro benzene ring substituents is 1. The lowest BCUT2D eigenvalue weighted by molar-refractivity contribution is -0.384. The van der Waals surface area contributed by atoms with Crippen LogP contribution in [0.1, 0.15) is 11.1 Å². The lowest BCUT2D eigenvalue weighted by atomic mass is 10.1. The first-order chi connectivity index (χ1) is 12.8. The van der Waals surface area contributed by atoms with E-state index in [1.165, 1.54) is 6.07 Å². The van der Waals surface area contributed by atoms with E-state index in [1.54, 1.807) is 24.3 Å². The fourth-order valence-electron chi connectivity index (χ4n) is 2.08. The predicted molar refractivity (Wildman–Crippen MR) is 97.6 cm³/mol. The smallest absolute Gasteiger partial charge is 0.310 e. The average Bonchev–Trinajstić information content (AvgIpc) is 2.63. The van der Waals surface area contributed by atoms with E-state index in [9.17, 15) is 19.7 Å². The SMILES string of the molecule is N#Cc1cc([N+](=O)[O-])ccc1NC(=O)COC(=O)Cc1c(Cl)cccc1Cl. The second-order valence-corrected chi connectivity index (χ2v) is 6.00. The van der Waals surface area contributed by atoms with Crippen molar-refractivity contribution in [3.63, 3.8) is 0 Å². The van der Waals surface area contributed by atoms with Crippen molar-refractivity contribution in [3.05, 3.63) is 67.7 Å². The molecular formula is C17H11Cl2N3O5. The summed E-state index contributed by atoms with van der Waals surface area (Å²) in [4.78, 5) is 33.8. The van der Waals surface area contributed by atoms with E-state index in [4.69, 9.17) is 33.2 Å². The summed E-state index contributed by atoms with van der Waals surface area (Å²) in [7, 11) is 0. The maximum absolute atomic E-state index is 11.9. The number of amides is 1. The van der Waals surface area contributed by atoms with Crippen LogP contribution < -0.4 is 5.32 Å². The minimum Gasteiger partial charge on any atom is -0.455 e. The highest BCUT2D eigenvalue weighted by molar-refractivity contribution is 6.36. The van der Waals surface area contributed by atoms with Crippen LogP contribution >= 0.6 is 23.2 Å². The number of rotatable bonds is 6. The summed E-state index contributed by atoms with van der Waals surface area (Å²) in [6, 6.07) is 9.91. The molecule has 138 valence electrons. The van der Waals surface area contributed by atoms with E-state index in [0.29, 0.717) is 15.6 Å². The van der Waals surface area contributed by atoms with Crippen molar-refractivity contribution in [2.45, 2.75) is 6.42 Å². The molecule has 0 atom stereocenters. The fourth-order valence-corrected chi connectivity index (χ4v) is 2.61. The van der Waals surface area contributed by atoms with Crippen LogP contribution in [0.2, 0.25) is 10.0 Å². The highest BCUT2D eigenvalue weighted by Crippen LogP contribution is 2.25. The van der Waals surface area contributed by atoms with Gasteiger partial charge in [0, 0.05) is 27.7 Å². The van der Waals surface area contributed by atoms with Crippen molar-refractivity contribution in [3.8, 4) is 6.07 Å². The van der Waals surface area contributed by atoms with Gasteiger partial charge in [-0.25, -0.2) is 0 Å². The van der Waals surface area contributed by atoms with Crippen LogP contribution in [-0.4, -0.2) is 23.4 Å². The molecule has 0 aliphatic rings. The Hall–Kier alpha value is -3.15. The van der Waals surface area contributed by atoms with E-state index < -0.39 is 23.4 Å². The molecule has 0 aromatic heterocycles. The van der Waals surface area contributed by atoms with Gasteiger partial charge in [-0.1, -0.05) is 29.3 Å². The van der Waals surface area contributed by atoms with E-state index in [-0.39, 0.29) is 23.4 Å². The maximum Gasteiger partial charge on any atom is 0.310 e. The summed E-state index contributed by atoms with van der Waals surface area (Å²) in [6.07, 6.45) is -0.216. The molecule has 0 heterocycles. The number of carbonyl (C=O) groups is 2. The van der Waals surface area contributed by atoms with Gasteiger partial charge in [0.15, 0.2) is 6.61 Å². The van der Waals surface area contributed by atoms with Crippen molar-refractivity contribution >= 4 is 46.5 Å².